The number of aryl methyl sites for hydroxylation is 1. The molecular weight excluding hydrogens is 368 g/mol. The van der Waals surface area contributed by atoms with Crippen molar-refractivity contribution in [1.82, 2.24) is 9.88 Å². The number of benzene rings is 2. The van der Waals surface area contributed by atoms with Crippen LogP contribution < -0.4 is 4.74 Å². The number of ether oxygens (including phenoxy) is 1. The zero-order chi connectivity index (χ0) is 20.8. The molecule has 0 bridgehead atoms. The van der Waals surface area contributed by atoms with Crippen LogP contribution in [0.1, 0.15) is 25.3 Å². The van der Waals surface area contributed by atoms with Gasteiger partial charge in [0, 0.05) is 36.1 Å². The molecule has 0 unspecified atom stereocenters. The van der Waals surface area contributed by atoms with Gasteiger partial charge in [-0.1, -0.05) is 18.2 Å². The minimum atomic E-state index is -0.894. The molecule has 0 atom stereocenters. The van der Waals surface area contributed by atoms with Crippen LogP contribution in [-0.2, 0) is 16.0 Å². The van der Waals surface area contributed by atoms with Crippen LogP contribution in [-0.4, -0.2) is 47.1 Å². The lowest BCUT2D eigenvalue weighted by Gasteiger charge is -2.20. The highest BCUT2D eigenvalue weighted by atomic mass is 16.5. The molecule has 0 aliphatic heterocycles. The monoisotopic (exact) mass is 394 g/mol. The van der Waals surface area contributed by atoms with E-state index in [9.17, 15) is 9.59 Å². The molecule has 6 heteroatoms. The van der Waals surface area contributed by atoms with Gasteiger partial charge in [0.25, 0.3) is 0 Å². The van der Waals surface area contributed by atoms with Gasteiger partial charge in [-0.05, 0) is 54.8 Å². The highest BCUT2D eigenvalue weighted by Crippen LogP contribution is 2.32. The van der Waals surface area contributed by atoms with Gasteiger partial charge in [0.15, 0.2) is 0 Å². The van der Waals surface area contributed by atoms with E-state index in [0.29, 0.717) is 19.4 Å². The summed E-state index contributed by atoms with van der Waals surface area (Å²) in [6.07, 6.45) is 0.871. The predicted molar refractivity (Wildman–Crippen MR) is 113 cm³/mol. The Morgan fingerprint density at radius 2 is 1.79 bits per heavy atom. The summed E-state index contributed by atoms with van der Waals surface area (Å²) >= 11 is 0. The molecule has 1 heterocycles. The molecule has 0 aliphatic carbocycles. The van der Waals surface area contributed by atoms with Crippen molar-refractivity contribution < 1.29 is 19.4 Å². The number of carboxylic acids is 1. The summed E-state index contributed by atoms with van der Waals surface area (Å²) < 4.78 is 5.25. The Kier molecular flexibility index (Phi) is 6.54. The molecule has 2 N–H and O–H groups in total. The zero-order valence-electron chi connectivity index (χ0n) is 16.8. The Morgan fingerprint density at radius 1 is 1.07 bits per heavy atom. The van der Waals surface area contributed by atoms with Crippen molar-refractivity contribution >= 4 is 22.8 Å². The summed E-state index contributed by atoms with van der Waals surface area (Å²) in [5, 5.41) is 9.98. The quantitative estimate of drug-likeness (QED) is 0.572. The average Bonchev–Trinajstić information content (AvgIpc) is 3.11. The molecule has 0 fully saturated rings. The number of methoxy groups -OCH3 is 1. The lowest BCUT2D eigenvalue weighted by molar-refractivity contribution is -0.138. The van der Waals surface area contributed by atoms with Gasteiger partial charge in [-0.15, -0.1) is 0 Å². The van der Waals surface area contributed by atoms with Gasteiger partial charge in [0.1, 0.15) is 5.75 Å². The fourth-order valence-corrected chi connectivity index (χ4v) is 3.54. The number of nitrogens with zero attached hydrogens (tertiary/aromatic N) is 1. The van der Waals surface area contributed by atoms with Crippen LogP contribution >= 0.6 is 0 Å². The van der Waals surface area contributed by atoms with Crippen LogP contribution in [0.3, 0.4) is 0 Å². The summed E-state index contributed by atoms with van der Waals surface area (Å²) in [5.41, 5.74) is 4.14. The lowest BCUT2D eigenvalue weighted by Crippen LogP contribution is -2.33. The Bertz CT molecular complexity index is 992. The number of carbonyl (C=O) groups is 2. The number of H-pyrrole nitrogens is 1. The smallest absolute Gasteiger partial charge is 0.305 e. The number of para-hydroxylation sites is 1. The minimum absolute atomic E-state index is 0.0280. The first-order valence-electron chi connectivity index (χ1n) is 9.77. The maximum absolute atomic E-state index is 12.7. The molecule has 0 spiro atoms. The first-order chi connectivity index (χ1) is 14.0. The van der Waals surface area contributed by atoms with Crippen LogP contribution in [0.2, 0.25) is 0 Å². The number of nitrogens with one attached hydrogen (secondary N) is 1. The van der Waals surface area contributed by atoms with E-state index in [2.05, 4.69) is 11.1 Å². The average molecular weight is 394 g/mol. The largest absolute Gasteiger partial charge is 0.497 e. The number of carboxylic acid groups (broad SMARTS) is 1. The van der Waals surface area contributed by atoms with Crippen molar-refractivity contribution in [2.45, 2.75) is 26.2 Å². The van der Waals surface area contributed by atoms with Crippen LogP contribution in [0.15, 0.2) is 48.5 Å². The van der Waals surface area contributed by atoms with Gasteiger partial charge in [0.05, 0.1) is 13.5 Å². The van der Waals surface area contributed by atoms with Crippen molar-refractivity contribution in [3.63, 3.8) is 0 Å². The van der Waals surface area contributed by atoms with E-state index in [0.717, 1.165) is 33.5 Å². The first kappa shape index (κ1) is 20.5. The maximum atomic E-state index is 12.7. The molecule has 0 saturated carbocycles. The van der Waals surface area contributed by atoms with Crippen molar-refractivity contribution in [2.24, 2.45) is 0 Å². The molecule has 2 aromatic carbocycles. The molecule has 152 valence electrons. The summed E-state index contributed by atoms with van der Waals surface area (Å²) in [7, 11) is 1.64. The molecule has 3 aromatic rings. The molecule has 6 nitrogen and oxygen atoms in total. The first-order valence-corrected chi connectivity index (χ1v) is 9.77. The number of aliphatic carboxylic acids is 1. The van der Waals surface area contributed by atoms with Gasteiger partial charge < -0.3 is 19.7 Å². The summed E-state index contributed by atoms with van der Waals surface area (Å²) in [6.45, 7) is 2.61. The summed E-state index contributed by atoms with van der Waals surface area (Å²) in [6, 6.07) is 15.9. The Morgan fingerprint density at radius 3 is 2.45 bits per heavy atom. The highest BCUT2D eigenvalue weighted by Gasteiger charge is 2.17. The summed E-state index contributed by atoms with van der Waals surface area (Å²) in [4.78, 5) is 28.6. The van der Waals surface area contributed by atoms with Crippen LogP contribution in [0.5, 0.6) is 5.75 Å². The zero-order valence-corrected chi connectivity index (χ0v) is 16.8. The SMILES string of the molecule is CCN(CCC(=O)O)C(=O)CCc1c(-c2ccc(OC)cc2)[nH]c2ccccc12. The van der Waals surface area contributed by atoms with E-state index in [4.69, 9.17) is 9.84 Å². The molecule has 0 saturated heterocycles. The number of amides is 1. The normalized spacial score (nSPS) is 10.8. The van der Waals surface area contributed by atoms with Crippen molar-refractivity contribution in [3.05, 3.63) is 54.1 Å². The second kappa shape index (κ2) is 9.28. The molecule has 1 amide bonds. The van der Waals surface area contributed by atoms with E-state index in [1.165, 1.54) is 0 Å². The number of hydrogen-bond acceptors (Lipinski definition) is 3. The van der Waals surface area contributed by atoms with E-state index >= 15 is 0 Å². The van der Waals surface area contributed by atoms with Crippen molar-refractivity contribution in [2.75, 3.05) is 20.2 Å². The third-order valence-electron chi connectivity index (χ3n) is 5.11. The lowest BCUT2D eigenvalue weighted by atomic mass is 10.0. The van der Waals surface area contributed by atoms with E-state index in [1.807, 2.05) is 49.4 Å². The third kappa shape index (κ3) is 4.77. The van der Waals surface area contributed by atoms with Gasteiger partial charge in [-0.25, -0.2) is 0 Å². The van der Waals surface area contributed by atoms with Gasteiger partial charge in [0.2, 0.25) is 5.91 Å². The Hall–Kier alpha value is -3.28. The van der Waals surface area contributed by atoms with Gasteiger partial charge >= 0.3 is 5.97 Å². The standard InChI is InChI=1S/C23H26N2O4/c1-3-25(15-14-22(27)28)21(26)13-12-19-18-6-4-5-7-20(18)24-23(19)16-8-10-17(29-2)11-9-16/h4-11,24H,3,12-15H2,1-2H3,(H,27,28). The number of rotatable bonds is 9. The molecule has 29 heavy (non-hydrogen) atoms. The van der Waals surface area contributed by atoms with Crippen molar-refractivity contribution in [1.29, 1.82) is 0 Å². The number of carbonyl (C=O) groups excluding carboxylic acids is 1. The molecule has 0 radical (unpaired) electrons. The van der Waals surface area contributed by atoms with E-state index in [-0.39, 0.29) is 18.9 Å². The Balaban J connectivity index is 1.85. The van der Waals surface area contributed by atoms with E-state index in [1.54, 1.807) is 12.0 Å². The molecule has 0 aliphatic rings. The van der Waals surface area contributed by atoms with Crippen molar-refractivity contribution in [3.8, 4) is 17.0 Å². The minimum Gasteiger partial charge on any atom is -0.497 e. The molecule has 3 rings (SSSR count). The number of hydrogen-bond donors (Lipinski definition) is 2. The number of aromatic amines is 1. The number of fused-ring (bicyclic) bond motifs is 1. The molecular formula is C23H26N2O4. The summed E-state index contributed by atoms with van der Waals surface area (Å²) in [5.74, 6) is -0.131. The van der Waals surface area contributed by atoms with Gasteiger partial charge in [-0.3, -0.25) is 9.59 Å². The Labute approximate surface area is 170 Å². The number of aromatic nitrogens is 1. The second-order valence-corrected chi connectivity index (χ2v) is 6.87. The van der Waals surface area contributed by atoms with Crippen LogP contribution in [0.4, 0.5) is 0 Å². The molecule has 1 aromatic heterocycles. The maximum Gasteiger partial charge on any atom is 0.305 e. The van der Waals surface area contributed by atoms with Gasteiger partial charge in [-0.2, -0.15) is 0 Å². The third-order valence-corrected chi connectivity index (χ3v) is 5.11. The fourth-order valence-electron chi connectivity index (χ4n) is 3.54. The highest BCUT2D eigenvalue weighted by molar-refractivity contribution is 5.91. The van der Waals surface area contributed by atoms with Crippen LogP contribution in [0, 0.1) is 0 Å². The predicted octanol–water partition coefficient (Wildman–Crippen LogP) is 4.10. The second-order valence-electron chi connectivity index (χ2n) is 6.87. The van der Waals surface area contributed by atoms with Crippen LogP contribution in [0.25, 0.3) is 22.2 Å². The topological polar surface area (TPSA) is 82.6 Å². The van der Waals surface area contributed by atoms with E-state index < -0.39 is 5.97 Å². The fraction of sp³-hybridized carbons (Fsp3) is 0.304.